The molecule has 1 atom stereocenters. The molecule has 7 heteroatoms. The lowest BCUT2D eigenvalue weighted by Gasteiger charge is -2.39. The molecule has 0 spiro atoms. The molecule has 1 aliphatic rings. The Morgan fingerprint density at radius 3 is 2.80 bits per heavy atom. The summed E-state index contributed by atoms with van der Waals surface area (Å²) in [6.07, 6.45) is 0.676. The topological polar surface area (TPSA) is 58.6 Å². The van der Waals surface area contributed by atoms with Crippen LogP contribution in [0.5, 0.6) is 5.75 Å². The summed E-state index contributed by atoms with van der Waals surface area (Å²) < 4.78 is 9.84. The Morgan fingerprint density at radius 2 is 2.03 bits per heavy atom. The van der Waals surface area contributed by atoms with Crippen molar-refractivity contribution in [2.75, 3.05) is 31.6 Å². The molecule has 0 N–H and O–H groups in total. The number of hydrogen-bond donors (Lipinski definition) is 0. The van der Waals surface area contributed by atoms with E-state index in [1.165, 1.54) is 11.5 Å². The van der Waals surface area contributed by atoms with Gasteiger partial charge < -0.3 is 14.5 Å². The van der Waals surface area contributed by atoms with Gasteiger partial charge in [0, 0.05) is 49.2 Å². The lowest BCUT2D eigenvalue weighted by molar-refractivity contribution is 0.0673. The normalized spacial score (nSPS) is 16.6. The van der Waals surface area contributed by atoms with Crippen LogP contribution in [0.3, 0.4) is 0 Å². The molecular weight excluding hydrogens is 396 g/mol. The van der Waals surface area contributed by atoms with E-state index in [1.807, 2.05) is 54.3 Å². The first-order chi connectivity index (χ1) is 14.5. The maximum absolute atomic E-state index is 13.0. The van der Waals surface area contributed by atoms with E-state index >= 15 is 0 Å². The average molecular weight is 423 g/mol. The van der Waals surface area contributed by atoms with Crippen molar-refractivity contribution in [1.82, 2.24) is 14.3 Å². The predicted octanol–water partition coefficient (Wildman–Crippen LogP) is 3.80. The van der Waals surface area contributed by atoms with Crippen LogP contribution in [0.4, 0.5) is 5.13 Å². The number of benzene rings is 2. The van der Waals surface area contributed by atoms with Gasteiger partial charge in [0.25, 0.3) is 5.91 Å². The second-order valence-electron chi connectivity index (χ2n) is 7.63. The molecule has 1 saturated heterocycles. The molecule has 30 heavy (non-hydrogen) atoms. The molecule has 1 aromatic heterocycles. The zero-order valence-corrected chi connectivity index (χ0v) is 18.4. The summed E-state index contributed by atoms with van der Waals surface area (Å²) in [4.78, 5) is 22.0. The summed E-state index contributed by atoms with van der Waals surface area (Å²) in [6, 6.07) is 15.9. The zero-order chi connectivity index (χ0) is 21.1. The third kappa shape index (κ3) is 4.31. The van der Waals surface area contributed by atoms with E-state index < -0.39 is 0 Å². The zero-order valence-electron chi connectivity index (χ0n) is 17.5. The average Bonchev–Trinajstić information content (AvgIpc) is 3.22. The predicted molar refractivity (Wildman–Crippen MR) is 120 cm³/mol. The molecule has 156 valence electrons. The van der Waals surface area contributed by atoms with E-state index in [2.05, 4.69) is 22.3 Å². The minimum atomic E-state index is 0.108. The molecule has 0 aliphatic carbocycles. The summed E-state index contributed by atoms with van der Waals surface area (Å²) in [5, 5.41) is 0.919. The van der Waals surface area contributed by atoms with Crippen LogP contribution in [0, 0.1) is 6.92 Å². The number of nitrogens with zero attached hydrogens (tertiary/aromatic N) is 4. The molecule has 4 rings (SSSR count). The van der Waals surface area contributed by atoms with Crippen molar-refractivity contribution in [2.45, 2.75) is 26.3 Å². The quantitative estimate of drug-likeness (QED) is 0.626. The third-order valence-corrected chi connectivity index (χ3v) is 6.30. The number of piperazine rings is 1. The van der Waals surface area contributed by atoms with E-state index in [9.17, 15) is 4.79 Å². The highest BCUT2D eigenvalue weighted by Crippen LogP contribution is 2.24. The van der Waals surface area contributed by atoms with Crippen molar-refractivity contribution in [3.63, 3.8) is 0 Å². The highest BCUT2D eigenvalue weighted by atomic mass is 32.1. The second-order valence-corrected chi connectivity index (χ2v) is 8.36. The molecule has 0 bridgehead atoms. The molecule has 1 aliphatic heterocycles. The maximum Gasteiger partial charge on any atom is 0.254 e. The number of methoxy groups -OCH3 is 1. The van der Waals surface area contributed by atoms with Crippen LogP contribution in [0.1, 0.15) is 34.2 Å². The summed E-state index contributed by atoms with van der Waals surface area (Å²) in [5.74, 6) is 1.76. The molecule has 1 fully saturated rings. The molecule has 2 aromatic carbocycles. The van der Waals surface area contributed by atoms with Crippen molar-refractivity contribution in [3.8, 4) is 5.75 Å². The number of anilines is 1. The summed E-state index contributed by atoms with van der Waals surface area (Å²) >= 11 is 1.43. The van der Waals surface area contributed by atoms with E-state index in [0.717, 1.165) is 46.5 Å². The van der Waals surface area contributed by atoms with Gasteiger partial charge in [-0.25, -0.2) is 4.98 Å². The fourth-order valence-corrected chi connectivity index (χ4v) is 4.53. The molecule has 2 heterocycles. The van der Waals surface area contributed by atoms with E-state index in [0.29, 0.717) is 13.0 Å². The minimum Gasteiger partial charge on any atom is -0.497 e. The SMILES string of the molecule is COc1cccc(Cc2nsc(N3CCN(C(=O)c4ccccc4C)C(C)C3)n2)c1. The summed E-state index contributed by atoms with van der Waals surface area (Å²) in [7, 11) is 1.67. The van der Waals surface area contributed by atoms with Gasteiger partial charge in [0.1, 0.15) is 11.6 Å². The van der Waals surface area contributed by atoms with Crippen molar-refractivity contribution >= 4 is 22.6 Å². The minimum absolute atomic E-state index is 0.108. The van der Waals surface area contributed by atoms with Gasteiger partial charge in [-0.05, 0) is 43.2 Å². The van der Waals surface area contributed by atoms with Gasteiger partial charge in [-0.15, -0.1) is 0 Å². The van der Waals surface area contributed by atoms with Gasteiger partial charge in [-0.2, -0.15) is 4.37 Å². The molecule has 1 unspecified atom stereocenters. The summed E-state index contributed by atoms with van der Waals surface area (Å²) in [5.41, 5.74) is 2.93. The Kier molecular flexibility index (Phi) is 5.99. The lowest BCUT2D eigenvalue weighted by atomic mass is 10.1. The first kappa shape index (κ1) is 20.3. The number of carbonyl (C=O) groups excluding carboxylic acids is 1. The smallest absolute Gasteiger partial charge is 0.254 e. The Labute approximate surface area is 181 Å². The highest BCUT2D eigenvalue weighted by molar-refractivity contribution is 7.09. The Hall–Kier alpha value is -2.93. The number of aryl methyl sites for hydroxylation is 1. The van der Waals surface area contributed by atoms with Crippen molar-refractivity contribution in [3.05, 3.63) is 71.0 Å². The molecule has 3 aromatic rings. The fourth-order valence-electron chi connectivity index (χ4n) is 3.81. The van der Waals surface area contributed by atoms with Crippen LogP contribution in [0.15, 0.2) is 48.5 Å². The van der Waals surface area contributed by atoms with Gasteiger partial charge >= 0.3 is 0 Å². The van der Waals surface area contributed by atoms with Gasteiger partial charge in [-0.3, -0.25) is 4.79 Å². The fraction of sp³-hybridized carbons (Fsp3) is 0.348. The van der Waals surface area contributed by atoms with Crippen LogP contribution in [0.25, 0.3) is 0 Å². The van der Waals surface area contributed by atoms with Crippen molar-refractivity contribution in [1.29, 1.82) is 0 Å². The molecule has 6 nitrogen and oxygen atoms in total. The number of aromatic nitrogens is 2. The van der Waals surface area contributed by atoms with Gasteiger partial charge in [0.05, 0.1) is 7.11 Å². The van der Waals surface area contributed by atoms with Crippen LogP contribution in [-0.2, 0) is 6.42 Å². The van der Waals surface area contributed by atoms with Crippen LogP contribution < -0.4 is 9.64 Å². The van der Waals surface area contributed by atoms with Crippen LogP contribution >= 0.6 is 11.5 Å². The van der Waals surface area contributed by atoms with Crippen molar-refractivity contribution < 1.29 is 9.53 Å². The van der Waals surface area contributed by atoms with E-state index in [4.69, 9.17) is 9.72 Å². The first-order valence-electron chi connectivity index (χ1n) is 10.1. The standard InChI is InChI=1S/C23H26N4O2S/c1-16-7-4-5-10-20(16)22(28)27-12-11-26(15-17(27)2)23-24-21(25-30-23)14-18-8-6-9-19(13-18)29-3/h4-10,13,17H,11-12,14-15H2,1-3H3. The largest absolute Gasteiger partial charge is 0.497 e. The van der Waals surface area contributed by atoms with Crippen molar-refractivity contribution in [2.24, 2.45) is 0 Å². The highest BCUT2D eigenvalue weighted by Gasteiger charge is 2.30. The lowest BCUT2D eigenvalue weighted by Crippen LogP contribution is -2.54. The molecule has 1 amide bonds. The molecular formula is C23H26N4O2S. The van der Waals surface area contributed by atoms with Crippen LogP contribution in [0.2, 0.25) is 0 Å². The van der Waals surface area contributed by atoms with E-state index in [1.54, 1.807) is 7.11 Å². The van der Waals surface area contributed by atoms with Gasteiger partial charge in [0.15, 0.2) is 0 Å². The van der Waals surface area contributed by atoms with Crippen LogP contribution in [-0.4, -0.2) is 53.0 Å². The second kappa shape index (κ2) is 8.83. The monoisotopic (exact) mass is 422 g/mol. The number of rotatable bonds is 5. The maximum atomic E-state index is 13.0. The third-order valence-electron chi connectivity index (χ3n) is 5.49. The Morgan fingerprint density at radius 1 is 1.20 bits per heavy atom. The number of ether oxygens (including phenoxy) is 1. The van der Waals surface area contributed by atoms with Gasteiger partial charge in [0.2, 0.25) is 5.13 Å². The molecule has 0 saturated carbocycles. The van der Waals surface area contributed by atoms with Gasteiger partial charge in [-0.1, -0.05) is 30.3 Å². The number of hydrogen-bond acceptors (Lipinski definition) is 6. The Bertz CT molecular complexity index is 1040. The molecule has 0 radical (unpaired) electrons. The van der Waals surface area contributed by atoms with E-state index in [-0.39, 0.29) is 11.9 Å². The first-order valence-corrected chi connectivity index (χ1v) is 10.9. The number of carbonyl (C=O) groups is 1. The summed E-state index contributed by atoms with van der Waals surface area (Å²) in [6.45, 7) is 6.28. The Balaban J connectivity index is 1.41. The number of amides is 1.